The monoisotopic (exact) mass is 337 g/mol. The van der Waals surface area contributed by atoms with Gasteiger partial charge in [0, 0.05) is 23.0 Å². The average Bonchev–Trinajstić information content (AvgIpc) is 2.92. The predicted octanol–water partition coefficient (Wildman–Crippen LogP) is 1.99. The molecule has 3 atom stereocenters. The number of unbranched alkanes of at least 4 members (excludes halogenated alkanes) is 1. The number of benzene rings is 1. The summed E-state index contributed by atoms with van der Waals surface area (Å²) in [7, 11) is 1.39. The fourth-order valence-corrected chi connectivity index (χ4v) is 4.08. The van der Waals surface area contributed by atoms with Crippen molar-refractivity contribution in [2.24, 2.45) is 0 Å². The Morgan fingerprint density at radius 2 is 2.04 bits per heavy atom. The molecule has 0 radical (unpaired) electrons. The molecule has 0 bridgehead atoms. The zero-order valence-electron chi connectivity index (χ0n) is 13.2. The van der Waals surface area contributed by atoms with Gasteiger partial charge in [0.1, 0.15) is 0 Å². The molecule has 23 heavy (non-hydrogen) atoms. The Morgan fingerprint density at radius 3 is 2.74 bits per heavy atom. The highest BCUT2D eigenvalue weighted by Crippen LogP contribution is 2.31. The van der Waals surface area contributed by atoms with Gasteiger partial charge in [0.15, 0.2) is 0 Å². The molecule has 0 saturated carbocycles. The van der Waals surface area contributed by atoms with E-state index in [9.17, 15) is 14.7 Å². The number of rotatable bonds is 7. The molecule has 2 N–H and O–H groups in total. The number of aliphatic hydroxyl groups excluding tert-OH is 1. The minimum absolute atomic E-state index is 0.105. The van der Waals surface area contributed by atoms with Gasteiger partial charge in [-0.05, 0) is 25.0 Å². The second kappa shape index (κ2) is 8.93. The van der Waals surface area contributed by atoms with E-state index in [1.54, 1.807) is 23.9 Å². The van der Waals surface area contributed by atoms with Crippen LogP contribution in [0, 0.1) is 0 Å². The van der Waals surface area contributed by atoms with Crippen molar-refractivity contribution in [1.29, 1.82) is 0 Å². The molecule has 1 saturated heterocycles. The number of hydrogen-bond donors (Lipinski definition) is 2. The molecule has 1 aromatic rings. The minimum atomic E-state index is -0.550. The van der Waals surface area contributed by atoms with Crippen LogP contribution in [-0.4, -0.2) is 47.2 Å². The van der Waals surface area contributed by atoms with Crippen molar-refractivity contribution in [3.8, 4) is 0 Å². The van der Waals surface area contributed by atoms with Gasteiger partial charge in [-0.15, -0.1) is 0 Å². The normalized spacial score (nSPS) is 23.5. The predicted molar refractivity (Wildman–Crippen MR) is 90.4 cm³/mol. The van der Waals surface area contributed by atoms with Gasteiger partial charge in [-0.25, -0.2) is 0 Å². The van der Waals surface area contributed by atoms with Crippen molar-refractivity contribution in [2.45, 2.75) is 43.1 Å². The SMILES string of the molecule is COC(=O)CCCC[C@@H]1SC[C@@H](NC(=O)c2ccccc2)[C@H]1O. The third-order valence-electron chi connectivity index (χ3n) is 3.98. The number of esters is 1. The van der Waals surface area contributed by atoms with E-state index in [1.807, 2.05) is 18.2 Å². The van der Waals surface area contributed by atoms with E-state index in [1.165, 1.54) is 7.11 Å². The van der Waals surface area contributed by atoms with Gasteiger partial charge in [0.2, 0.25) is 0 Å². The summed E-state index contributed by atoms with van der Waals surface area (Å²) in [6.07, 6.45) is 2.32. The van der Waals surface area contributed by atoms with E-state index < -0.39 is 6.10 Å². The van der Waals surface area contributed by atoms with Crippen LogP contribution < -0.4 is 5.32 Å². The lowest BCUT2D eigenvalue weighted by molar-refractivity contribution is -0.140. The van der Waals surface area contributed by atoms with Gasteiger partial charge in [-0.2, -0.15) is 11.8 Å². The molecule has 0 spiro atoms. The standard InChI is InChI=1S/C17H23NO4S/c1-22-15(19)10-6-5-9-14-16(20)13(11-23-14)18-17(21)12-7-3-2-4-8-12/h2-4,7-8,13-14,16,20H,5-6,9-11H2,1H3,(H,18,21)/t13-,14+,16-/m1/s1. The summed E-state index contributed by atoms with van der Waals surface area (Å²) in [5, 5.41) is 13.4. The zero-order valence-corrected chi connectivity index (χ0v) is 14.1. The molecule has 126 valence electrons. The van der Waals surface area contributed by atoms with Gasteiger partial charge in [-0.1, -0.05) is 24.6 Å². The molecule has 0 aliphatic carbocycles. The second-order valence-electron chi connectivity index (χ2n) is 5.63. The number of thioether (sulfide) groups is 1. The molecule has 1 aliphatic heterocycles. The topological polar surface area (TPSA) is 75.6 Å². The molecule has 6 heteroatoms. The molecule has 2 rings (SSSR count). The largest absolute Gasteiger partial charge is 0.469 e. The molecule has 0 aromatic heterocycles. The molecule has 1 fully saturated rings. The smallest absolute Gasteiger partial charge is 0.305 e. The van der Waals surface area contributed by atoms with E-state index in [4.69, 9.17) is 0 Å². The third-order valence-corrected chi connectivity index (χ3v) is 5.48. The highest BCUT2D eigenvalue weighted by Gasteiger charge is 2.35. The van der Waals surface area contributed by atoms with Crippen LogP contribution in [0.15, 0.2) is 30.3 Å². The highest BCUT2D eigenvalue weighted by molar-refractivity contribution is 8.00. The first kappa shape index (κ1) is 17.8. The maximum atomic E-state index is 12.1. The Labute approximate surface area is 140 Å². The molecule has 1 amide bonds. The summed E-state index contributed by atoms with van der Waals surface area (Å²) >= 11 is 1.68. The number of nitrogens with one attached hydrogen (secondary N) is 1. The molecule has 1 aliphatic rings. The van der Waals surface area contributed by atoms with Gasteiger partial charge >= 0.3 is 5.97 Å². The lowest BCUT2D eigenvalue weighted by Gasteiger charge is -2.19. The van der Waals surface area contributed by atoms with Crippen molar-refractivity contribution in [3.63, 3.8) is 0 Å². The second-order valence-corrected chi connectivity index (χ2v) is 6.90. The van der Waals surface area contributed by atoms with E-state index in [0.29, 0.717) is 17.7 Å². The molecule has 1 heterocycles. The van der Waals surface area contributed by atoms with Crippen LogP contribution in [0.2, 0.25) is 0 Å². The Morgan fingerprint density at radius 1 is 1.30 bits per heavy atom. The molecule has 5 nitrogen and oxygen atoms in total. The van der Waals surface area contributed by atoms with E-state index in [-0.39, 0.29) is 23.2 Å². The van der Waals surface area contributed by atoms with Crippen molar-refractivity contribution in [2.75, 3.05) is 12.9 Å². The molecule has 1 aromatic carbocycles. The molecule has 0 unspecified atom stereocenters. The van der Waals surface area contributed by atoms with Gasteiger partial charge < -0.3 is 15.2 Å². The van der Waals surface area contributed by atoms with Crippen LogP contribution in [-0.2, 0) is 9.53 Å². The van der Waals surface area contributed by atoms with Crippen LogP contribution in [0.5, 0.6) is 0 Å². The van der Waals surface area contributed by atoms with Crippen LogP contribution >= 0.6 is 11.8 Å². The first-order chi connectivity index (χ1) is 11.1. The third kappa shape index (κ3) is 5.25. The number of ether oxygens (including phenoxy) is 1. The maximum absolute atomic E-state index is 12.1. The summed E-state index contributed by atoms with van der Waals surface area (Å²) in [6.45, 7) is 0. The van der Waals surface area contributed by atoms with E-state index >= 15 is 0 Å². The summed E-state index contributed by atoms with van der Waals surface area (Å²) in [4.78, 5) is 23.2. The fourth-order valence-electron chi connectivity index (χ4n) is 2.62. The Balaban J connectivity index is 1.74. The lowest BCUT2D eigenvalue weighted by atomic mass is 10.0. The number of hydrogen-bond acceptors (Lipinski definition) is 5. The number of amides is 1. The minimum Gasteiger partial charge on any atom is -0.469 e. The Bertz CT molecular complexity index is 523. The maximum Gasteiger partial charge on any atom is 0.305 e. The lowest BCUT2D eigenvalue weighted by Crippen LogP contribution is -2.44. The molecular formula is C17H23NO4S. The van der Waals surface area contributed by atoms with E-state index in [2.05, 4.69) is 10.1 Å². The fraction of sp³-hybridized carbons (Fsp3) is 0.529. The first-order valence-corrected chi connectivity index (χ1v) is 8.89. The summed E-state index contributed by atoms with van der Waals surface area (Å²) < 4.78 is 4.61. The number of methoxy groups -OCH3 is 1. The van der Waals surface area contributed by atoms with Crippen LogP contribution in [0.1, 0.15) is 36.0 Å². The summed E-state index contributed by atoms with van der Waals surface area (Å²) in [5.41, 5.74) is 0.603. The average molecular weight is 337 g/mol. The number of aliphatic hydroxyl groups is 1. The Kier molecular flexibility index (Phi) is 6.92. The quantitative estimate of drug-likeness (QED) is 0.588. The van der Waals surface area contributed by atoms with Crippen LogP contribution in [0.25, 0.3) is 0 Å². The van der Waals surface area contributed by atoms with Crippen LogP contribution in [0.3, 0.4) is 0 Å². The molecular weight excluding hydrogens is 314 g/mol. The number of carbonyl (C=O) groups excluding carboxylic acids is 2. The number of carbonyl (C=O) groups is 2. The van der Waals surface area contributed by atoms with Crippen molar-refractivity contribution in [3.05, 3.63) is 35.9 Å². The first-order valence-electron chi connectivity index (χ1n) is 7.84. The zero-order chi connectivity index (χ0) is 16.7. The van der Waals surface area contributed by atoms with Crippen LogP contribution in [0.4, 0.5) is 0 Å². The van der Waals surface area contributed by atoms with Crippen molar-refractivity contribution < 1.29 is 19.4 Å². The summed E-state index contributed by atoms with van der Waals surface area (Å²) in [5.74, 6) is 0.362. The van der Waals surface area contributed by atoms with Crippen molar-refractivity contribution in [1.82, 2.24) is 5.32 Å². The van der Waals surface area contributed by atoms with Gasteiger partial charge in [-0.3, -0.25) is 9.59 Å². The summed E-state index contributed by atoms with van der Waals surface area (Å²) in [6, 6.07) is 8.79. The Hall–Kier alpha value is -1.53. The van der Waals surface area contributed by atoms with E-state index in [0.717, 1.165) is 19.3 Å². The highest BCUT2D eigenvalue weighted by atomic mass is 32.2. The van der Waals surface area contributed by atoms with Gasteiger partial charge in [0.25, 0.3) is 5.91 Å². The van der Waals surface area contributed by atoms with Gasteiger partial charge in [0.05, 0.1) is 19.3 Å². The van der Waals surface area contributed by atoms with Crippen molar-refractivity contribution >= 4 is 23.6 Å².